The Bertz CT molecular complexity index is 604. The first-order valence-electron chi connectivity index (χ1n) is 10.9. The monoisotopic (exact) mass is 370 g/mol. The number of nitrogens with one attached hydrogen (secondary N) is 1. The minimum Gasteiger partial charge on any atom is -0.375 e. The molecule has 4 heteroatoms. The maximum Gasteiger partial charge on any atom is 0.220 e. The van der Waals surface area contributed by atoms with Gasteiger partial charge in [0.05, 0.1) is 5.60 Å². The number of likely N-dealkylation sites (tertiary alicyclic amines) is 1. The lowest BCUT2D eigenvalue weighted by molar-refractivity contribution is -0.138. The molecule has 148 valence electrons. The molecule has 4 rings (SSSR count). The van der Waals surface area contributed by atoms with Crippen LogP contribution < -0.4 is 5.32 Å². The Morgan fingerprint density at radius 1 is 1.11 bits per heavy atom. The Morgan fingerprint density at radius 3 is 2.59 bits per heavy atom. The van der Waals surface area contributed by atoms with Crippen molar-refractivity contribution in [2.45, 2.75) is 76.0 Å². The van der Waals surface area contributed by atoms with Crippen LogP contribution in [0.2, 0.25) is 0 Å². The first kappa shape index (κ1) is 18.9. The van der Waals surface area contributed by atoms with Gasteiger partial charge in [0.15, 0.2) is 0 Å². The molecule has 1 unspecified atom stereocenters. The average Bonchev–Trinajstić information content (AvgIpc) is 3.23. The molecule has 1 aromatic carbocycles. The summed E-state index contributed by atoms with van der Waals surface area (Å²) in [7, 11) is 0. The Morgan fingerprint density at radius 2 is 1.85 bits per heavy atom. The number of hydrogen-bond donors (Lipinski definition) is 1. The van der Waals surface area contributed by atoms with Crippen LogP contribution in [0.15, 0.2) is 30.3 Å². The van der Waals surface area contributed by atoms with E-state index in [1.807, 2.05) is 18.2 Å². The van der Waals surface area contributed by atoms with E-state index >= 15 is 0 Å². The van der Waals surface area contributed by atoms with Gasteiger partial charge in [0.25, 0.3) is 0 Å². The van der Waals surface area contributed by atoms with Gasteiger partial charge in [-0.25, -0.2) is 0 Å². The maximum atomic E-state index is 12.4. The normalized spacial score (nSPS) is 26.3. The molecule has 2 saturated heterocycles. The van der Waals surface area contributed by atoms with Crippen LogP contribution in [0.4, 0.5) is 0 Å². The number of amides is 1. The number of benzene rings is 1. The molecule has 1 saturated carbocycles. The third kappa shape index (κ3) is 4.91. The molecule has 0 aromatic heterocycles. The molecule has 2 heterocycles. The SMILES string of the molecule is O=C(CC1CCOC2(CCN(C3CCCC3)CC2)C1)NCc1ccccc1. The second kappa shape index (κ2) is 8.74. The van der Waals surface area contributed by atoms with E-state index in [1.165, 1.54) is 38.8 Å². The highest BCUT2D eigenvalue weighted by Gasteiger charge is 2.41. The fourth-order valence-electron chi connectivity index (χ4n) is 5.35. The fraction of sp³-hybridized carbons (Fsp3) is 0.696. The highest BCUT2D eigenvalue weighted by molar-refractivity contribution is 5.76. The van der Waals surface area contributed by atoms with Gasteiger partial charge < -0.3 is 15.0 Å². The second-order valence-electron chi connectivity index (χ2n) is 8.83. The molecule has 1 spiro atoms. The molecule has 3 fully saturated rings. The Kier molecular flexibility index (Phi) is 6.14. The summed E-state index contributed by atoms with van der Waals surface area (Å²) in [6.07, 6.45) is 10.6. The summed E-state index contributed by atoms with van der Waals surface area (Å²) in [6, 6.07) is 11.0. The molecule has 1 atom stereocenters. The number of piperidine rings is 1. The molecule has 4 nitrogen and oxygen atoms in total. The standard InChI is InChI=1S/C23H34N2O2/c26-22(24-18-19-6-2-1-3-7-19)16-20-10-15-27-23(17-20)11-13-25(14-12-23)21-8-4-5-9-21/h1-3,6-7,20-21H,4-5,8-18H2,(H,24,26). The third-order valence-electron chi connectivity index (χ3n) is 6.95. The summed E-state index contributed by atoms with van der Waals surface area (Å²) in [5.41, 5.74) is 1.20. The van der Waals surface area contributed by atoms with Crippen molar-refractivity contribution in [3.8, 4) is 0 Å². The third-order valence-corrected chi connectivity index (χ3v) is 6.95. The lowest BCUT2D eigenvalue weighted by atomic mass is 9.78. The van der Waals surface area contributed by atoms with Gasteiger partial charge >= 0.3 is 0 Å². The van der Waals surface area contributed by atoms with Gasteiger partial charge in [0.1, 0.15) is 0 Å². The summed E-state index contributed by atoms with van der Waals surface area (Å²) in [4.78, 5) is 15.1. The number of ether oxygens (including phenoxy) is 1. The molecule has 3 aliphatic rings. The molecule has 1 N–H and O–H groups in total. The summed E-state index contributed by atoms with van der Waals surface area (Å²) in [6.45, 7) is 3.81. The highest BCUT2D eigenvalue weighted by atomic mass is 16.5. The molecule has 1 aliphatic carbocycles. The van der Waals surface area contributed by atoms with Crippen LogP contribution in [-0.2, 0) is 16.1 Å². The van der Waals surface area contributed by atoms with Gasteiger partial charge in [-0.05, 0) is 50.0 Å². The first-order chi connectivity index (χ1) is 13.2. The number of hydrogen-bond acceptors (Lipinski definition) is 3. The predicted molar refractivity (Wildman–Crippen MR) is 107 cm³/mol. The van der Waals surface area contributed by atoms with E-state index in [0.29, 0.717) is 18.9 Å². The summed E-state index contributed by atoms with van der Waals surface area (Å²) in [5, 5.41) is 3.09. The van der Waals surface area contributed by atoms with Crippen molar-refractivity contribution in [2.75, 3.05) is 19.7 Å². The molecule has 0 bridgehead atoms. The molecular weight excluding hydrogens is 336 g/mol. The number of carbonyl (C=O) groups excluding carboxylic acids is 1. The van der Waals surface area contributed by atoms with E-state index in [2.05, 4.69) is 22.3 Å². The zero-order valence-electron chi connectivity index (χ0n) is 16.5. The lowest BCUT2D eigenvalue weighted by Crippen LogP contribution is -2.51. The predicted octanol–water partition coefficient (Wildman–Crippen LogP) is 3.90. The van der Waals surface area contributed by atoms with E-state index in [4.69, 9.17) is 4.74 Å². The Hall–Kier alpha value is -1.39. The molecule has 1 amide bonds. The smallest absolute Gasteiger partial charge is 0.220 e. The van der Waals surface area contributed by atoms with E-state index in [0.717, 1.165) is 43.9 Å². The van der Waals surface area contributed by atoms with Gasteiger partial charge in [-0.2, -0.15) is 0 Å². The van der Waals surface area contributed by atoms with Crippen molar-refractivity contribution < 1.29 is 9.53 Å². The van der Waals surface area contributed by atoms with Crippen LogP contribution in [0, 0.1) is 5.92 Å². The van der Waals surface area contributed by atoms with Crippen LogP contribution >= 0.6 is 0 Å². The van der Waals surface area contributed by atoms with E-state index in [1.54, 1.807) is 0 Å². The van der Waals surface area contributed by atoms with Gasteiger partial charge in [-0.1, -0.05) is 43.2 Å². The summed E-state index contributed by atoms with van der Waals surface area (Å²) in [5.74, 6) is 0.650. The Balaban J connectivity index is 1.24. The summed E-state index contributed by atoms with van der Waals surface area (Å²) < 4.78 is 6.30. The average molecular weight is 371 g/mol. The minimum absolute atomic E-state index is 0.0394. The van der Waals surface area contributed by atoms with Crippen LogP contribution in [0.5, 0.6) is 0 Å². The molecule has 2 aliphatic heterocycles. The number of carbonyl (C=O) groups is 1. The van der Waals surface area contributed by atoms with Crippen molar-refractivity contribution in [3.63, 3.8) is 0 Å². The molecule has 27 heavy (non-hydrogen) atoms. The van der Waals surface area contributed by atoms with Crippen molar-refractivity contribution in [1.82, 2.24) is 10.2 Å². The Labute approximate surface area is 163 Å². The largest absolute Gasteiger partial charge is 0.375 e. The molecule has 0 radical (unpaired) electrons. The molecular formula is C23H34N2O2. The van der Waals surface area contributed by atoms with Crippen LogP contribution in [0.25, 0.3) is 0 Å². The van der Waals surface area contributed by atoms with Gasteiger partial charge in [-0.3, -0.25) is 4.79 Å². The summed E-state index contributed by atoms with van der Waals surface area (Å²) >= 11 is 0. The fourth-order valence-corrected chi connectivity index (χ4v) is 5.35. The topological polar surface area (TPSA) is 41.6 Å². The highest BCUT2D eigenvalue weighted by Crippen LogP contribution is 2.40. The van der Waals surface area contributed by atoms with Gasteiger partial charge in [0, 0.05) is 38.7 Å². The van der Waals surface area contributed by atoms with Crippen LogP contribution in [-0.4, -0.2) is 42.1 Å². The van der Waals surface area contributed by atoms with E-state index < -0.39 is 0 Å². The van der Waals surface area contributed by atoms with Crippen LogP contribution in [0.1, 0.15) is 63.4 Å². The number of nitrogens with zero attached hydrogens (tertiary/aromatic N) is 1. The quantitative estimate of drug-likeness (QED) is 0.855. The van der Waals surface area contributed by atoms with E-state index in [-0.39, 0.29) is 11.5 Å². The minimum atomic E-state index is 0.0394. The zero-order chi connectivity index (χ0) is 18.5. The van der Waals surface area contributed by atoms with E-state index in [9.17, 15) is 4.79 Å². The lowest BCUT2D eigenvalue weighted by Gasteiger charge is -2.47. The van der Waals surface area contributed by atoms with Gasteiger partial charge in [0.2, 0.25) is 5.91 Å². The van der Waals surface area contributed by atoms with Crippen molar-refractivity contribution >= 4 is 5.91 Å². The second-order valence-corrected chi connectivity index (χ2v) is 8.83. The van der Waals surface area contributed by atoms with Crippen molar-refractivity contribution in [2.24, 2.45) is 5.92 Å². The first-order valence-corrected chi connectivity index (χ1v) is 10.9. The van der Waals surface area contributed by atoms with Crippen molar-refractivity contribution in [3.05, 3.63) is 35.9 Å². The number of rotatable bonds is 5. The van der Waals surface area contributed by atoms with Gasteiger partial charge in [-0.15, -0.1) is 0 Å². The maximum absolute atomic E-state index is 12.4. The molecule has 1 aromatic rings. The van der Waals surface area contributed by atoms with Crippen LogP contribution in [0.3, 0.4) is 0 Å². The van der Waals surface area contributed by atoms with Crippen molar-refractivity contribution in [1.29, 1.82) is 0 Å². The zero-order valence-corrected chi connectivity index (χ0v) is 16.5.